The number of hydrogen-bond donors (Lipinski definition) is 2. The second-order valence-electron chi connectivity index (χ2n) is 5.88. The second-order valence-corrected chi connectivity index (χ2v) is 5.88. The van der Waals surface area contributed by atoms with Crippen molar-refractivity contribution in [2.75, 3.05) is 26.4 Å². The quantitative estimate of drug-likeness (QED) is 0.809. The van der Waals surface area contributed by atoms with Crippen LogP contribution in [0.2, 0.25) is 0 Å². The number of nitrogens with one attached hydrogen (secondary N) is 1. The molecule has 2 unspecified atom stereocenters. The van der Waals surface area contributed by atoms with Gasteiger partial charge in [0.05, 0.1) is 0 Å². The van der Waals surface area contributed by atoms with E-state index in [9.17, 15) is 5.11 Å². The normalized spacial score (nSPS) is 19.2. The van der Waals surface area contributed by atoms with Gasteiger partial charge in [0.1, 0.15) is 18.5 Å². The first-order valence-corrected chi connectivity index (χ1v) is 7.84. The number of benzene rings is 1. The van der Waals surface area contributed by atoms with Gasteiger partial charge < -0.3 is 19.9 Å². The van der Waals surface area contributed by atoms with E-state index in [1.807, 2.05) is 31.2 Å². The first-order chi connectivity index (χ1) is 10.2. The number of rotatable bonds is 7. The highest BCUT2D eigenvalue weighted by Crippen LogP contribution is 2.19. The predicted octanol–water partition coefficient (Wildman–Crippen LogP) is 2.14. The highest BCUT2D eigenvalue weighted by atomic mass is 16.5. The fourth-order valence-corrected chi connectivity index (χ4v) is 2.67. The molecule has 1 aromatic carbocycles. The van der Waals surface area contributed by atoms with E-state index in [1.165, 1.54) is 0 Å². The molecular formula is C17H27NO3. The van der Waals surface area contributed by atoms with Crippen molar-refractivity contribution in [2.24, 2.45) is 5.92 Å². The molecule has 1 aliphatic rings. The summed E-state index contributed by atoms with van der Waals surface area (Å²) in [5.74, 6) is 1.48. The maximum Gasteiger partial charge on any atom is 0.122 e. The molecule has 0 amide bonds. The fourth-order valence-electron chi connectivity index (χ4n) is 2.67. The predicted molar refractivity (Wildman–Crippen MR) is 83.7 cm³/mol. The molecule has 0 saturated carbocycles. The lowest BCUT2D eigenvalue weighted by Crippen LogP contribution is -2.41. The summed E-state index contributed by atoms with van der Waals surface area (Å²) in [5.41, 5.74) is 1.09. The maximum atomic E-state index is 10.0. The first kappa shape index (κ1) is 16.3. The Morgan fingerprint density at radius 2 is 2.05 bits per heavy atom. The van der Waals surface area contributed by atoms with Crippen molar-refractivity contribution in [3.63, 3.8) is 0 Å². The Balaban J connectivity index is 1.67. The Hall–Kier alpha value is -1.10. The van der Waals surface area contributed by atoms with Crippen LogP contribution in [0, 0.1) is 12.8 Å². The minimum atomic E-state index is -0.494. The van der Waals surface area contributed by atoms with Gasteiger partial charge >= 0.3 is 0 Å². The summed E-state index contributed by atoms with van der Waals surface area (Å²) in [7, 11) is 0. The van der Waals surface area contributed by atoms with Crippen LogP contribution in [0.25, 0.3) is 0 Å². The zero-order valence-corrected chi connectivity index (χ0v) is 13.0. The molecule has 0 aliphatic carbocycles. The van der Waals surface area contributed by atoms with E-state index < -0.39 is 6.10 Å². The molecule has 1 saturated heterocycles. The Morgan fingerprint density at radius 1 is 1.33 bits per heavy atom. The fraction of sp³-hybridized carbons (Fsp3) is 0.647. The largest absolute Gasteiger partial charge is 0.491 e. The zero-order valence-electron chi connectivity index (χ0n) is 13.0. The Labute approximate surface area is 127 Å². The van der Waals surface area contributed by atoms with Gasteiger partial charge in [-0.1, -0.05) is 18.2 Å². The zero-order chi connectivity index (χ0) is 15.1. The highest BCUT2D eigenvalue weighted by molar-refractivity contribution is 5.31. The Kier molecular flexibility index (Phi) is 6.49. The summed E-state index contributed by atoms with van der Waals surface area (Å²) in [6.45, 7) is 6.78. The molecule has 2 atom stereocenters. The molecule has 0 radical (unpaired) electrons. The van der Waals surface area contributed by atoms with Crippen LogP contribution in [-0.4, -0.2) is 43.6 Å². The Morgan fingerprint density at radius 3 is 2.76 bits per heavy atom. The molecule has 21 heavy (non-hydrogen) atoms. The maximum absolute atomic E-state index is 10.0. The lowest BCUT2D eigenvalue weighted by molar-refractivity contribution is 0.0512. The summed E-state index contributed by atoms with van der Waals surface area (Å²) in [6, 6.07) is 8.27. The van der Waals surface area contributed by atoms with E-state index in [0.717, 1.165) is 37.4 Å². The molecule has 4 nitrogen and oxygen atoms in total. The standard InChI is InChI=1S/C17H27NO3/c1-13-5-3-4-6-17(13)21-12-16(19)11-18-14(2)15-7-9-20-10-8-15/h3-6,14-16,18-19H,7-12H2,1-2H3. The SMILES string of the molecule is Cc1ccccc1OCC(O)CNC(C)C1CCOCC1. The van der Waals surface area contributed by atoms with E-state index in [0.29, 0.717) is 25.1 Å². The van der Waals surface area contributed by atoms with E-state index in [1.54, 1.807) is 0 Å². The van der Waals surface area contributed by atoms with Crippen molar-refractivity contribution >= 4 is 0 Å². The third kappa shape index (κ3) is 5.30. The van der Waals surface area contributed by atoms with E-state index in [4.69, 9.17) is 9.47 Å². The average Bonchev–Trinajstić information content (AvgIpc) is 2.52. The van der Waals surface area contributed by atoms with Gasteiger partial charge in [0.15, 0.2) is 0 Å². The highest BCUT2D eigenvalue weighted by Gasteiger charge is 2.20. The minimum absolute atomic E-state index is 0.318. The van der Waals surface area contributed by atoms with Crippen molar-refractivity contribution in [1.29, 1.82) is 0 Å². The summed E-state index contributed by atoms with van der Waals surface area (Å²) in [4.78, 5) is 0. The summed E-state index contributed by atoms with van der Waals surface area (Å²) in [5, 5.41) is 13.5. The topological polar surface area (TPSA) is 50.7 Å². The van der Waals surface area contributed by atoms with Crippen LogP contribution in [0.5, 0.6) is 5.75 Å². The summed E-state index contributed by atoms with van der Waals surface area (Å²) in [6.07, 6.45) is 1.71. The van der Waals surface area contributed by atoms with Crippen LogP contribution in [-0.2, 0) is 4.74 Å². The number of aliphatic hydroxyl groups excluding tert-OH is 1. The molecule has 1 heterocycles. The van der Waals surface area contributed by atoms with Gasteiger partial charge in [-0.25, -0.2) is 0 Å². The monoisotopic (exact) mass is 293 g/mol. The first-order valence-electron chi connectivity index (χ1n) is 7.84. The van der Waals surface area contributed by atoms with Crippen LogP contribution >= 0.6 is 0 Å². The molecule has 2 N–H and O–H groups in total. The molecule has 118 valence electrons. The minimum Gasteiger partial charge on any atom is -0.491 e. The smallest absolute Gasteiger partial charge is 0.122 e. The van der Waals surface area contributed by atoms with Crippen LogP contribution in [0.15, 0.2) is 24.3 Å². The van der Waals surface area contributed by atoms with Crippen molar-refractivity contribution in [1.82, 2.24) is 5.32 Å². The van der Waals surface area contributed by atoms with Gasteiger partial charge in [-0.15, -0.1) is 0 Å². The van der Waals surface area contributed by atoms with E-state index in [2.05, 4.69) is 12.2 Å². The summed E-state index contributed by atoms with van der Waals surface area (Å²) >= 11 is 0. The molecule has 0 bridgehead atoms. The van der Waals surface area contributed by atoms with Gasteiger partial charge in [-0.3, -0.25) is 0 Å². The van der Waals surface area contributed by atoms with Crippen LogP contribution in [0.1, 0.15) is 25.3 Å². The molecule has 1 aliphatic heterocycles. The Bertz CT molecular complexity index is 418. The third-order valence-electron chi connectivity index (χ3n) is 4.17. The van der Waals surface area contributed by atoms with Crippen molar-refractivity contribution in [2.45, 2.75) is 38.8 Å². The molecule has 0 spiro atoms. The van der Waals surface area contributed by atoms with Gasteiger partial charge in [0.2, 0.25) is 0 Å². The molecule has 1 aromatic rings. The van der Waals surface area contributed by atoms with Gasteiger partial charge in [0.25, 0.3) is 0 Å². The number of para-hydroxylation sites is 1. The lowest BCUT2D eigenvalue weighted by Gasteiger charge is -2.29. The number of hydrogen-bond acceptors (Lipinski definition) is 4. The molecule has 2 rings (SSSR count). The summed E-state index contributed by atoms with van der Waals surface area (Å²) < 4.78 is 11.0. The molecular weight excluding hydrogens is 266 g/mol. The lowest BCUT2D eigenvalue weighted by atomic mass is 9.93. The third-order valence-corrected chi connectivity index (χ3v) is 4.17. The molecule has 0 aromatic heterocycles. The number of aryl methyl sites for hydroxylation is 1. The van der Waals surface area contributed by atoms with E-state index >= 15 is 0 Å². The second kappa shape index (κ2) is 8.37. The number of ether oxygens (including phenoxy) is 2. The van der Waals surface area contributed by atoms with Gasteiger partial charge in [-0.05, 0) is 44.2 Å². The molecule has 1 fully saturated rings. The molecule has 4 heteroatoms. The van der Waals surface area contributed by atoms with Crippen LogP contribution < -0.4 is 10.1 Å². The van der Waals surface area contributed by atoms with Crippen molar-refractivity contribution < 1.29 is 14.6 Å². The van der Waals surface area contributed by atoms with Crippen LogP contribution in [0.3, 0.4) is 0 Å². The van der Waals surface area contributed by atoms with E-state index in [-0.39, 0.29) is 0 Å². The van der Waals surface area contributed by atoms with Crippen LogP contribution in [0.4, 0.5) is 0 Å². The van der Waals surface area contributed by atoms with Crippen molar-refractivity contribution in [3.8, 4) is 5.75 Å². The number of aliphatic hydroxyl groups is 1. The average molecular weight is 293 g/mol. The van der Waals surface area contributed by atoms with Gasteiger partial charge in [-0.2, -0.15) is 0 Å². The van der Waals surface area contributed by atoms with Gasteiger partial charge in [0, 0.05) is 25.8 Å². The van der Waals surface area contributed by atoms with Crippen molar-refractivity contribution in [3.05, 3.63) is 29.8 Å².